The Kier molecular flexibility index (Phi) is 5.05. The van der Waals surface area contributed by atoms with Crippen molar-refractivity contribution in [3.05, 3.63) is 24.3 Å². The van der Waals surface area contributed by atoms with Crippen molar-refractivity contribution in [2.45, 2.75) is 16.7 Å². The smallest absolute Gasteiger partial charge is 0.308 e. The maximum Gasteiger partial charge on any atom is 0.308 e. The summed E-state index contributed by atoms with van der Waals surface area (Å²) in [5, 5.41) is 9.17. The zero-order chi connectivity index (χ0) is 18.3. The normalized spacial score (nSPS) is 22.8. The molecule has 1 fully saturated rings. The van der Waals surface area contributed by atoms with Gasteiger partial charge in [0.05, 0.1) is 5.92 Å². The first-order valence-electron chi connectivity index (χ1n) is 7.24. The number of hydrogen-bond acceptors (Lipinski definition) is 5. The van der Waals surface area contributed by atoms with Gasteiger partial charge >= 0.3 is 5.97 Å². The molecule has 0 spiro atoms. The van der Waals surface area contributed by atoms with Crippen LogP contribution in [0.25, 0.3) is 0 Å². The lowest BCUT2D eigenvalue weighted by Crippen LogP contribution is -2.32. The number of carboxylic acids is 1. The van der Waals surface area contributed by atoms with Gasteiger partial charge in [0.25, 0.3) is 0 Å². The second kappa shape index (κ2) is 6.43. The van der Waals surface area contributed by atoms with Crippen LogP contribution in [-0.4, -0.2) is 63.7 Å². The Balaban J connectivity index is 2.51. The molecule has 8 nitrogen and oxygen atoms in total. The van der Waals surface area contributed by atoms with Crippen LogP contribution in [0, 0.1) is 11.8 Å². The highest BCUT2D eigenvalue weighted by Gasteiger charge is 2.42. The van der Waals surface area contributed by atoms with Gasteiger partial charge in [-0.05, 0) is 18.1 Å². The highest BCUT2D eigenvalue weighted by molar-refractivity contribution is 7.92. The summed E-state index contributed by atoms with van der Waals surface area (Å²) in [5.41, 5.74) is 0. The summed E-state index contributed by atoms with van der Waals surface area (Å²) in [6.45, 7) is 1.53. The number of carbonyl (C=O) groups is 1. The summed E-state index contributed by atoms with van der Waals surface area (Å²) < 4.78 is 52.6. The largest absolute Gasteiger partial charge is 0.481 e. The van der Waals surface area contributed by atoms with Crippen LogP contribution in [0.5, 0.6) is 0 Å². The fraction of sp³-hybridized carbons (Fsp3) is 0.500. The lowest BCUT2D eigenvalue weighted by Gasteiger charge is -2.20. The molecule has 1 aliphatic heterocycles. The standard InChI is InChI=1S/C14H20N2O6S2/c1-10-8-16(9-11(10)14(17)18)24(21,22)13-7-5-4-6-12(13)23(19,20)15(2)3/h4-7,10-11H,8-9H2,1-3H3,(H,17,18)/t10-,11-/m1/s1. The first kappa shape index (κ1) is 18.8. The van der Waals surface area contributed by atoms with Gasteiger partial charge in [-0.1, -0.05) is 19.1 Å². The van der Waals surface area contributed by atoms with E-state index in [-0.39, 0.29) is 28.8 Å². The number of rotatable bonds is 5. The quantitative estimate of drug-likeness (QED) is 0.790. The van der Waals surface area contributed by atoms with E-state index < -0.39 is 31.9 Å². The molecule has 2 rings (SSSR count). The maximum absolute atomic E-state index is 12.9. The predicted octanol–water partition coefficient (Wildman–Crippen LogP) is 0.278. The molecule has 1 aliphatic rings. The summed E-state index contributed by atoms with van der Waals surface area (Å²) in [4.78, 5) is 10.6. The van der Waals surface area contributed by atoms with E-state index in [1.807, 2.05) is 0 Å². The van der Waals surface area contributed by atoms with Crippen molar-refractivity contribution in [3.8, 4) is 0 Å². The van der Waals surface area contributed by atoms with Crippen LogP contribution < -0.4 is 0 Å². The topological polar surface area (TPSA) is 112 Å². The Hall–Kier alpha value is -1.49. The number of carboxylic acid groups (broad SMARTS) is 1. The van der Waals surface area contributed by atoms with Crippen LogP contribution in [0.1, 0.15) is 6.92 Å². The molecule has 24 heavy (non-hydrogen) atoms. The number of hydrogen-bond donors (Lipinski definition) is 1. The first-order chi connectivity index (χ1) is 11.0. The molecule has 0 saturated carbocycles. The Labute approximate surface area is 141 Å². The molecule has 1 heterocycles. The molecule has 10 heteroatoms. The Morgan fingerprint density at radius 3 is 2.12 bits per heavy atom. The third kappa shape index (κ3) is 3.18. The third-order valence-corrected chi connectivity index (χ3v) is 8.01. The minimum Gasteiger partial charge on any atom is -0.481 e. The molecule has 0 aliphatic carbocycles. The van der Waals surface area contributed by atoms with Crippen molar-refractivity contribution < 1.29 is 26.7 Å². The Bertz CT molecular complexity index is 848. The van der Waals surface area contributed by atoms with Gasteiger partial charge in [0.1, 0.15) is 9.79 Å². The molecule has 1 N–H and O–H groups in total. The van der Waals surface area contributed by atoms with Crippen molar-refractivity contribution >= 4 is 26.0 Å². The van der Waals surface area contributed by atoms with E-state index in [1.165, 1.54) is 38.4 Å². The summed E-state index contributed by atoms with van der Waals surface area (Å²) in [5.74, 6) is -2.22. The van der Waals surface area contributed by atoms with E-state index in [4.69, 9.17) is 0 Å². The molecule has 0 amide bonds. The molecule has 2 atom stereocenters. The molecule has 1 aromatic carbocycles. The van der Waals surface area contributed by atoms with Crippen molar-refractivity contribution in [2.24, 2.45) is 11.8 Å². The SMILES string of the molecule is C[C@@H]1CN(S(=O)(=O)c2ccccc2S(=O)(=O)N(C)C)C[C@H]1C(=O)O. The van der Waals surface area contributed by atoms with E-state index in [2.05, 4.69) is 0 Å². The van der Waals surface area contributed by atoms with Crippen molar-refractivity contribution in [2.75, 3.05) is 27.2 Å². The third-order valence-electron chi connectivity index (χ3n) is 4.12. The van der Waals surface area contributed by atoms with E-state index in [9.17, 15) is 26.7 Å². The van der Waals surface area contributed by atoms with Gasteiger partial charge in [-0.3, -0.25) is 4.79 Å². The average molecular weight is 376 g/mol. The lowest BCUT2D eigenvalue weighted by molar-refractivity contribution is -0.142. The Morgan fingerprint density at radius 1 is 1.12 bits per heavy atom. The van der Waals surface area contributed by atoms with E-state index in [1.54, 1.807) is 6.92 Å². The summed E-state index contributed by atoms with van der Waals surface area (Å²) in [6, 6.07) is 5.35. The van der Waals surface area contributed by atoms with Crippen LogP contribution in [0.2, 0.25) is 0 Å². The van der Waals surface area contributed by atoms with E-state index in [0.717, 1.165) is 8.61 Å². The fourth-order valence-corrected chi connectivity index (χ4v) is 5.89. The molecule has 0 bridgehead atoms. The number of sulfonamides is 2. The number of aliphatic carboxylic acids is 1. The van der Waals surface area contributed by atoms with E-state index in [0.29, 0.717) is 0 Å². The highest BCUT2D eigenvalue weighted by Crippen LogP contribution is 2.31. The molecule has 1 aromatic rings. The van der Waals surface area contributed by atoms with Gasteiger partial charge in [0.2, 0.25) is 20.0 Å². The average Bonchev–Trinajstić information content (AvgIpc) is 2.90. The second-order valence-corrected chi connectivity index (χ2v) is 10.0. The molecule has 1 saturated heterocycles. The molecule has 0 aromatic heterocycles. The minimum atomic E-state index is -4.12. The highest BCUT2D eigenvalue weighted by atomic mass is 32.2. The van der Waals surface area contributed by atoms with Crippen LogP contribution in [0.4, 0.5) is 0 Å². The van der Waals surface area contributed by atoms with Gasteiger partial charge < -0.3 is 5.11 Å². The van der Waals surface area contributed by atoms with E-state index >= 15 is 0 Å². The summed E-state index contributed by atoms with van der Waals surface area (Å²) >= 11 is 0. The monoisotopic (exact) mass is 376 g/mol. The zero-order valence-corrected chi connectivity index (χ0v) is 15.2. The van der Waals surface area contributed by atoms with Crippen molar-refractivity contribution in [3.63, 3.8) is 0 Å². The molecular formula is C14H20N2O6S2. The van der Waals surface area contributed by atoms with Crippen LogP contribution in [-0.2, 0) is 24.8 Å². The van der Waals surface area contributed by atoms with Gasteiger partial charge in [-0.25, -0.2) is 21.1 Å². The van der Waals surface area contributed by atoms with Crippen LogP contribution in [0.3, 0.4) is 0 Å². The second-order valence-electron chi connectivity index (χ2n) is 5.98. The number of benzene rings is 1. The van der Waals surface area contributed by atoms with Crippen LogP contribution in [0.15, 0.2) is 34.1 Å². The van der Waals surface area contributed by atoms with Gasteiger partial charge in [0, 0.05) is 27.2 Å². The van der Waals surface area contributed by atoms with Gasteiger partial charge in [0.15, 0.2) is 0 Å². The summed E-state index contributed by atoms with van der Waals surface area (Å²) in [6.07, 6.45) is 0. The molecule has 0 radical (unpaired) electrons. The van der Waals surface area contributed by atoms with Gasteiger partial charge in [-0.2, -0.15) is 4.31 Å². The summed E-state index contributed by atoms with van der Waals surface area (Å²) in [7, 11) is -5.44. The number of nitrogens with zero attached hydrogens (tertiary/aromatic N) is 2. The fourth-order valence-electron chi connectivity index (χ4n) is 2.65. The molecule has 134 valence electrons. The lowest BCUT2D eigenvalue weighted by atomic mass is 9.99. The van der Waals surface area contributed by atoms with Crippen molar-refractivity contribution in [1.82, 2.24) is 8.61 Å². The van der Waals surface area contributed by atoms with Gasteiger partial charge in [-0.15, -0.1) is 0 Å². The predicted molar refractivity (Wildman–Crippen MR) is 86.4 cm³/mol. The van der Waals surface area contributed by atoms with Crippen molar-refractivity contribution in [1.29, 1.82) is 0 Å². The first-order valence-corrected chi connectivity index (χ1v) is 10.1. The Morgan fingerprint density at radius 2 is 1.67 bits per heavy atom. The maximum atomic E-state index is 12.9. The molecular weight excluding hydrogens is 356 g/mol. The molecule has 0 unspecified atom stereocenters. The minimum absolute atomic E-state index is 0.0373. The van der Waals surface area contributed by atoms with Crippen LogP contribution >= 0.6 is 0 Å². The zero-order valence-electron chi connectivity index (χ0n) is 13.6.